The summed E-state index contributed by atoms with van der Waals surface area (Å²) in [6.45, 7) is 1.26. The van der Waals surface area contributed by atoms with Crippen LogP contribution in [0.2, 0.25) is 0 Å². The lowest BCUT2D eigenvalue weighted by Gasteiger charge is -2.31. The van der Waals surface area contributed by atoms with Crippen LogP contribution in [-0.4, -0.2) is 45.9 Å². The minimum absolute atomic E-state index is 0.108. The molecule has 1 aliphatic heterocycles. The number of carbonyl (C=O) groups is 2. The van der Waals surface area contributed by atoms with Crippen LogP contribution in [0, 0.1) is 11.7 Å². The first-order valence-electron chi connectivity index (χ1n) is 9.44. The van der Waals surface area contributed by atoms with Crippen LogP contribution in [0.1, 0.15) is 30.1 Å². The molecule has 1 amide bonds. The van der Waals surface area contributed by atoms with Gasteiger partial charge in [-0.1, -0.05) is 12.1 Å². The lowest BCUT2D eigenvalue weighted by Crippen LogP contribution is -2.46. The molecule has 0 aliphatic carbocycles. The molecule has 31 heavy (non-hydrogen) atoms. The Balaban J connectivity index is 1.75. The van der Waals surface area contributed by atoms with Gasteiger partial charge in [-0.3, -0.25) is 9.59 Å². The number of hydrogen-bond acceptors (Lipinski definition) is 6. The number of rotatable bonds is 6. The van der Waals surface area contributed by atoms with Crippen LogP contribution in [0.15, 0.2) is 58.3 Å². The summed E-state index contributed by atoms with van der Waals surface area (Å²) >= 11 is 0. The fraction of sp³-hybridized carbons (Fsp3) is 0.300. The maximum atomic E-state index is 13.1. The summed E-state index contributed by atoms with van der Waals surface area (Å²) in [7, 11) is -8.19. The van der Waals surface area contributed by atoms with E-state index in [2.05, 4.69) is 0 Å². The molecule has 0 aromatic heterocycles. The number of halogens is 1. The van der Waals surface area contributed by atoms with Gasteiger partial charge in [-0.15, -0.1) is 0 Å². The molecule has 1 fully saturated rings. The van der Waals surface area contributed by atoms with Crippen LogP contribution < -0.4 is 4.72 Å². The van der Waals surface area contributed by atoms with Gasteiger partial charge in [-0.2, -0.15) is 4.31 Å². The summed E-state index contributed by atoms with van der Waals surface area (Å²) in [6, 6.07) is 9.63. The average molecular weight is 469 g/mol. The highest BCUT2D eigenvalue weighted by Crippen LogP contribution is 2.24. The van der Waals surface area contributed by atoms with Gasteiger partial charge in [0.2, 0.25) is 15.9 Å². The maximum absolute atomic E-state index is 13.1. The van der Waals surface area contributed by atoms with Crippen LogP contribution in [0.5, 0.6) is 0 Å². The van der Waals surface area contributed by atoms with Gasteiger partial charge in [0.15, 0.2) is 5.78 Å². The molecule has 166 valence electrons. The second-order valence-electron chi connectivity index (χ2n) is 7.21. The number of sulfonamides is 2. The molecule has 2 aromatic rings. The van der Waals surface area contributed by atoms with E-state index in [1.807, 2.05) is 4.72 Å². The molecule has 1 saturated heterocycles. The van der Waals surface area contributed by atoms with Gasteiger partial charge in [0.05, 0.1) is 15.7 Å². The van der Waals surface area contributed by atoms with Crippen molar-refractivity contribution in [3.05, 3.63) is 59.9 Å². The third kappa shape index (κ3) is 5.17. The summed E-state index contributed by atoms with van der Waals surface area (Å²) in [4.78, 5) is 23.8. The zero-order valence-electron chi connectivity index (χ0n) is 16.6. The number of benzene rings is 2. The van der Waals surface area contributed by atoms with Crippen LogP contribution in [0.25, 0.3) is 0 Å². The third-order valence-corrected chi connectivity index (χ3v) is 8.22. The fourth-order valence-corrected chi connectivity index (χ4v) is 5.90. The Labute approximate surface area is 180 Å². The Morgan fingerprint density at radius 1 is 1.03 bits per heavy atom. The molecular formula is C20H21FN2O6S2. The minimum Gasteiger partial charge on any atom is -0.295 e. The number of hydrogen-bond donors (Lipinski definition) is 1. The van der Waals surface area contributed by atoms with Crippen molar-refractivity contribution in [3.63, 3.8) is 0 Å². The largest absolute Gasteiger partial charge is 0.295 e. The van der Waals surface area contributed by atoms with Gasteiger partial charge < -0.3 is 0 Å². The Morgan fingerprint density at radius 2 is 1.71 bits per heavy atom. The predicted molar refractivity (Wildman–Crippen MR) is 110 cm³/mol. The molecule has 1 atom stereocenters. The SMILES string of the molecule is CC(=O)c1cccc(S(=O)(=O)NC(=O)C2CCCN(S(=O)(=O)c3ccc(F)cc3)C2)c1. The van der Waals surface area contributed by atoms with E-state index in [9.17, 15) is 30.8 Å². The van der Waals surface area contributed by atoms with Gasteiger partial charge in [0.1, 0.15) is 5.82 Å². The first kappa shape index (κ1) is 23.0. The first-order valence-corrected chi connectivity index (χ1v) is 12.4. The summed E-state index contributed by atoms with van der Waals surface area (Å²) in [5.41, 5.74) is 0.185. The Morgan fingerprint density at radius 3 is 2.35 bits per heavy atom. The average Bonchev–Trinajstić information content (AvgIpc) is 2.74. The van der Waals surface area contributed by atoms with E-state index in [4.69, 9.17) is 0 Å². The molecule has 1 N–H and O–H groups in total. The molecule has 11 heteroatoms. The molecule has 0 radical (unpaired) electrons. The molecule has 0 bridgehead atoms. The molecule has 0 saturated carbocycles. The van der Waals surface area contributed by atoms with E-state index in [-0.39, 0.29) is 34.2 Å². The zero-order valence-corrected chi connectivity index (χ0v) is 18.2. The second-order valence-corrected chi connectivity index (χ2v) is 10.8. The van der Waals surface area contributed by atoms with Crippen molar-refractivity contribution in [2.24, 2.45) is 5.92 Å². The van der Waals surface area contributed by atoms with Gasteiger partial charge in [0, 0.05) is 18.7 Å². The summed E-state index contributed by atoms with van der Waals surface area (Å²) < 4.78 is 66.9. The van der Waals surface area contributed by atoms with E-state index < -0.39 is 37.7 Å². The molecule has 8 nitrogen and oxygen atoms in total. The highest BCUT2D eigenvalue weighted by molar-refractivity contribution is 7.90. The Kier molecular flexibility index (Phi) is 6.58. The molecular weight excluding hydrogens is 447 g/mol. The Bertz CT molecular complexity index is 1210. The van der Waals surface area contributed by atoms with E-state index in [0.29, 0.717) is 12.8 Å². The van der Waals surface area contributed by atoms with E-state index in [1.165, 1.54) is 31.2 Å². The molecule has 1 heterocycles. The smallest absolute Gasteiger partial charge is 0.264 e. The van der Waals surface area contributed by atoms with Crippen LogP contribution in [0.4, 0.5) is 4.39 Å². The van der Waals surface area contributed by atoms with E-state index in [1.54, 1.807) is 0 Å². The van der Waals surface area contributed by atoms with Crippen LogP contribution >= 0.6 is 0 Å². The van der Waals surface area contributed by atoms with Crippen molar-refractivity contribution < 1.29 is 30.8 Å². The molecule has 2 aromatic carbocycles. The number of nitrogens with one attached hydrogen (secondary N) is 1. The second kappa shape index (κ2) is 8.85. The zero-order chi connectivity index (χ0) is 22.8. The maximum Gasteiger partial charge on any atom is 0.264 e. The topological polar surface area (TPSA) is 118 Å². The number of Topliss-reactive ketones (excluding diaryl/α,β-unsaturated/α-hetero) is 1. The van der Waals surface area contributed by atoms with Gasteiger partial charge >= 0.3 is 0 Å². The van der Waals surface area contributed by atoms with Crippen molar-refractivity contribution in [3.8, 4) is 0 Å². The number of carbonyl (C=O) groups excluding carboxylic acids is 2. The van der Waals surface area contributed by atoms with E-state index >= 15 is 0 Å². The number of ketones is 1. The van der Waals surface area contributed by atoms with Gasteiger partial charge in [-0.25, -0.2) is 25.9 Å². The summed E-state index contributed by atoms with van der Waals surface area (Å²) in [5, 5.41) is 0. The van der Waals surface area contributed by atoms with Crippen LogP contribution in [-0.2, 0) is 24.8 Å². The quantitative estimate of drug-likeness (QED) is 0.648. The number of piperidine rings is 1. The van der Waals surface area contributed by atoms with Crippen molar-refractivity contribution in [1.82, 2.24) is 9.03 Å². The molecule has 0 spiro atoms. The number of amides is 1. The van der Waals surface area contributed by atoms with Crippen molar-refractivity contribution in [2.45, 2.75) is 29.6 Å². The third-order valence-electron chi connectivity index (χ3n) is 4.99. The molecule has 3 rings (SSSR count). The monoisotopic (exact) mass is 468 g/mol. The summed E-state index contributed by atoms with van der Waals surface area (Å²) in [5.74, 6) is -2.60. The standard InChI is InChI=1S/C20H21FN2O6S2/c1-14(24)15-4-2-6-19(12-15)30(26,27)22-20(25)16-5-3-11-23(13-16)31(28,29)18-9-7-17(21)8-10-18/h2,4,6-10,12,16H,3,5,11,13H2,1H3,(H,22,25). The highest BCUT2D eigenvalue weighted by atomic mass is 32.2. The van der Waals surface area contributed by atoms with Crippen molar-refractivity contribution in [2.75, 3.05) is 13.1 Å². The molecule has 1 aliphatic rings. The fourth-order valence-electron chi connectivity index (χ4n) is 3.29. The lowest BCUT2D eigenvalue weighted by atomic mass is 9.99. The van der Waals surface area contributed by atoms with Gasteiger partial charge in [-0.05, 0) is 56.2 Å². The normalized spacial score (nSPS) is 17.8. The lowest BCUT2D eigenvalue weighted by molar-refractivity contribution is -0.124. The van der Waals surface area contributed by atoms with Crippen molar-refractivity contribution >= 4 is 31.7 Å². The molecule has 1 unspecified atom stereocenters. The van der Waals surface area contributed by atoms with Crippen LogP contribution in [0.3, 0.4) is 0 Å². The Hall–Kier alpha value is -2.63. The minimum atomic E-state index is -4.24. The van der Waals surface area contributed by atoms with Crippen molar-refractivity contribution in [1.29, 1.82) is 0 Å². The predicted octanol–water partition coefficient (Wildman–Crippen LogP) is 1.93. The summed E-state index contributed by atoms with van der Waals surface area (Å²) in [6.07, 6.45) is 0.669. The highest BCUT2D eigenvalue weighted by Gasteiger charge is 2.34. The van der Waals surface area contributed by atoms with E-state index in [0.717, 1.165) is 28.6 Å². The number of nitrogens with zero attached hydrogens (tertiary/aromatic N) is 1. The first-order chi connectivity index (χ1) is 14.5. The van der Waals surface area contributed by atoms with Gasteiger partial charge in [0.25, 0.3) is 10.0 Å².